The molecular formula is C37H40N+. The normalized spacial score (nSPS) is 19.6. The Hall–Kier alpha value is -3.45. The molecule has 192 valence electrons. The van der Waals surface area contributed by atoms with Crippen LogP contribution >= 0.6 is 0 Å². The van der Waals surface area contributed by atoms with E-state index in [1.807, 2.05) is 0 Å². The van der Waals surface area contributed by atoms with Gasteiger partial charge in [0.1, 0.15) is 6.54 Å². The van der Waals surface area contributed by atoms with Gasteiger partial charge < -0.3 is 0 Å². The van der Waals surface area contributed by atoms with Crippen molar-refractivity contribution < 1.29 is 4.58 Å². The predicted octanol–water partition coefficient (Wildman–Crippen LogP) is 9.51. The highest BCUT2D eigenvalue weighted by molar-refractivity contribution is 6.09. The summed E-state index contributed by atoms with van der Waals surface area (Å²) in [5, 5.41) is 2.72. The van der Waals surface area contributed by atoms with E-state index in [2.05, 4.69) is 121 Å². The standard InChI is InChI=1S/C37H40N/c1-37(28-31-19-6-3-7-20-31)35(26-23-30-14-4-2-5-15-30)38(27-13-12-18-29-16-8-9-17-29)34-25-24-32-21-10-11-22-33(32)36(34)37/h2-7,10-11,14-15,19-26,29H,8-9,12-13,16-18,27-28H2,1H3/q+1. The third kappa shape index (κ3) is 4.99. The zero-order valence-electron chi connectivity index (χ0n) is 22.8. The molecule has 0 radical (unpaired) electrons. The van der Waals surface area contributed by atoms with Crippen LogP contribution in [0.15, 0.2) is 103 Å². The van der Waals surface area contributed by atoms with Crippen LogP contribution in [0.3, 0.4) is 0 Å². The first-order chi connectivity index (χ1) is 18.7. The summed E-state index contributed by atoms with van der Waals surface area (Å²) in [6, 6.07) is 35.5. The van der Waals surface area contributed by atoms with E-state index in [-0.39, 0.29) is 5.41 Å². The summed E-state index contributed by atoms with van der Waals surface area (Å²) in [6.07, 6.45) is 15.5. The van der Waals surface area contributed by atoms with Gasteiger partial charge in [0, 0.05) is 24.1 Å². The molecule has 1 heteroatoms. The zero-order chi connectivity index (χ0) is 25.8. The van der Waals surface area contributed by atoms with Gasteiger partial charge in [0.25, 0.3) is 0 Å². The van der Waals surface area contributed by atoms with Crippen molar-refractivity contribution in [3.05, 3.63) is 120 Å². The molecule has 1 heterocycles. The molecule has 38 heavy (non-hydrogen) atoms. The maximum atomic E-state index is 2.67. The third-order valence-corrected chi connectivity index (χ3v) is 8.96. The number of hydrogen-bond donors (Lipinski definition) is 0. The molecule has 1 nitrogen and oxygen atoms in total. The summed E-state index contributed by atoms with van der Waals surface area (Å²) in [7, 11) is 0. The molecular weight excluding hydrogens is 458 g/mol. The Morgan fingerprint density at radius 2 is 1.47 bits per heavy atom. The van der Waals surface area contributed by atoms with E-state index in [1.165, 1.54) is 83.8 Å². The van der Waals surface area contributed by atoms with Crippen LogP contribution in [0.2, 0.25) is 0 Å². The highest BCUT2D eigenvalue weighted by Crippen LogP contribution is 2.46. The van der Waals surface area contributed by atoms with Gasteiger partial charge in [0.15, 0.2) is 5.71 Å². The topological polar surface area (TPSA) is 3.01 Å². The lowest BCUT2D eigenvalue weighted by atomic mass is 9.73. The minimum Gasteiger partial charge on any atom is -0.195 e. The molecule has 0 saturated heterocycles. The Morgan fingerprint density at radius 3 is 2.26 bits per heavy atom. The lowest BCUT2D eigenvalue weighted by Crippen LogP contribution is -2.34. The van der Waals surface area contributed by atoms with Crippen molar-refractivity contribution >= 4 is 28.2 Å². The van der Waals surface area contributed by atoms with Crippen molar-refractivity contribution in [2.24, 2.45) is 5.92 Å². The van der Waals surface area contributed by atoms with E-state index in [0.29, 0.717) is 0 Å². The van der Waals surface area contributed by atoms with Crippen molar-refractivity contribution in [3.63, 3.8) is 0 Å². The first-order valence-electron chi connectivity index (χ1n) is 14.7. The van der Waals surface area contributed by atoms with Crippen molar-refractivity contribution in [1.82, 2.24) is 0 Å². The number of fused-ring (bicyclic) bond motifs is 3. The average Bonchev–Trinajstić information content (AvgIpc) is 3.56. The van der Waals surface area contributed by atoms with Crippen LogP contribution in [-0.4, -0.2) is 16.8 Å². The van der Waals surface area contributed by atoms with Crippen molar-refractivity contribution in [2.45, 2.75) is 63.7 Å². The number of unbranched alkanes of at least 4 members (excludes halogenated alkanes) is 1. The van der Waals surface area contributed by atoms with Gasteiger partial charge in [0.05, 0.1) is 5.41 Å². The zero-order valence-corrected chi connectivity index (χ0v) is 22.8. The van der Waals surface area contributed by atoms with Crippen molar-refractivity contribution in [2.75, 3.05) is 6.54 Å². The number of nitrogens with zero attached hydrogens (tertiary/aromatic N) is 1. The molecule has 1 aliphatic carbocycles. The van der Waals surface area contributed by atoms with E-state index in [9.17, 15) is 0 Å². The van der Waals surface area contributed by atoms with E-state index in [4.69, 9.17) is 0 Å². The summed E-state index contributed by atoms with van der Waals surface area (Å²) in [5.41, 5.74) is 6.84. The highest BCUT2D eigenvalue weighted by Gasteiger charge is 2.48. The van der Waals surface area contributed by atoms with Crippen molar-refractivity contribution in [3.8, 4) is 0 Å². The summed E-state index contributed by atoms with van der Waals surface area (Å²) < 4.78 is 2.67. The van der Waals surface area contributed by atoms with Gasteiger partial charge in [-0.1, -0.05) is 117 Å². The van der Waals surface area contributed by atoms with Gasteiger partial charge in [0.2, 0.25) is 5.69 Å². The van der Waals surface area contributed by atoms with Crippen LogP contribution in [-0.2, 0) is 11.8 Å². The largest absolute Gasteiger partial charge is 0.210 e. The fraction of sp³-hybridized carbons (Fsp3) is 0.324. The molecule has 6 rings (SSSR count). The Bertz CT molecular complexity index is 1440. The molecule has 4 aromatic carbocycles. The Kier molecular flexibility index (Phi) is 7.27. The van der Waals surface area contributed by atoms with Crippen LogP contribution in [0.5, 0.6) is 0 Å². The Morgan fingerprint density at radius 1 is 0.763 bits per heavy atom. The fourth-order valence-electron chi connectivity index (χ4n) is 7.06. The van der Waals surface area contributed by atoms with E-state index in [1.54, 1.807) is 0 Å². The van der Waals surface area contributed by atoms with Crippen LogP contribution < -0.4 is 0 Å². The second-order valence-corrected chi connectivity index (χ2v) is 11.6. The number of benzene rings is 4. The van der Waals surface area contributed by atoms with Gasteiger partial charge in [-0.3, -0.25) is 0 Å². The molecule has 1 fully saturated rings. The lowest BCUT2D eigenvalue weighted by Gasteiger charge is -2.24. The molecule has 4 aromatic rings. The SMILES string of the molecule is CC1(Cc2ccccc2)C(C=Cc2ccccc2)=[N+](CCCCC2CCCC2)c2ccc3ccccc3c21. The van der Waals surface area contributed by atoms with Crippen LogP contribution in [0.25, 0.3) is 16.8 Å². The molecule has 1 aliphatic heterocycles. The predicted molar refractivity (Wildman–Crippen MR) is 163 cm³/mol. The van der Waals surface area contributed by atoms with Crippen LogP contribution in [0.4, 0.5) is 5.69 Å². The number of hydrogen-bond acceptors (Lipinski definition) is 0. The summed E-state index contributed by atoms with van der Waals surface area (Å²) in [6.45, 7) is 3.56. The molecule has 1 atom stereocenters. The average molecular weight is 499 g/mol. The summed E-state index contributed by atoms with van der Waals surface area (Å²) in [4.78, 5) is 0. The van der Waals surface area contributed by atoms with Gasteiger partial charge in [-0.25, -0.2) is 0 Å². The van der Waals surface area contributed by atoms with E-state index < -0.39 is 0 Å². The quantitative estimate of drug-likeness (QED) is 0.160. The van der Waals surface area contributed by atoms with E-state index >= 15 is 0 Å². The second kappa shape index (κ2) is 11.1. The smallest absolute Gasteiger partial charge is 0.195 e. The maximum Gasteiger partial charge on any atom is 0.210 e. The monoisotopic (exact) mass is 498 g/mol. The van der Waals surface area contributed by atoms with Gasteiger partial charge in [-0.2, -0.15) is 4.58 Å². The molecule has 1 saturated carbocycles. The second-order valence-electron chi connectivity index (χ2n) is 11.6. The Balaban J connectivity index is 1.44. The maximum absolute atomic E-state index is 2.67. The molecule has 0 aromatic heterocycles. The lowest BCUT2D eigenvalue weighted by molar-refractivity contribution is -0.438. The number of allylic oxidation sites excluding steroid dienone is 1. The van der Waals surface area contributed by atoms with E-state index in [0.717, 1.165) is 18.9 Å². The molecule has 0 amide bonds. The Labute approximate surface area is 228 Å². The summed E-state index contributed by atoms with van der Waals surface area (Å²) >= 11 is 0. The fourth-order valence-corrected chi connectivity index (χ4v) is 7.06. The molecule has 2 aliphatic rings. The molecule has 0 bridgehead atoms. The summed E-state index contributed by atoms with van der Waals surface area (Å²) in [5.74, 6) is 0.967. The molecule has 0 spiro atoms. The third-order valence-electron chi connectivity index (χ3n) is 8.96. The van der Waals surface area contributed by atoms with Crippen LogP contribution in [0, 0.1) is 5.92 Å². The first kappa shape index (κ1) is 24.9. The van der Waals surface area contributed by atoms with Gasteiger partial charge in [-0.15, -0.1) is 0 Å². The highest BCUT2D eigenvalue weighted by atomic mass is 15.1. The molecule has 0 N–H and O–H groups in total. The van der Waals surface area contributed by atoms with Gasteiger partial charge in [-0.05, 0) is 59.7 Å². The minimum absolute atomic E-state index is 0.117. The van der Waals surface area contributed by atoms with Gasteiger partial charge >= 0.3 is 0 Å². The van der Waals surface area contributed by atoms with Crippen molar-refractivity contribution in [1.29, 1.82) is 0 Å². The minimum atomic E-state index is -0.117. The molecule has 1 unspecified atom stereocenters. The number of rotatable bonds is 9. The van der Waals surface area contributed by atoms with Crippen LogP contribution in [0.1, 0.15) is 68.6 Å². The first-order valence-corrected chi connectivity index (χ1v) is 14.7.